The lowest BCUT2D eigenvalue weighted by Crippen LogP contribution is -1.97. The van der Waals surface area contributed by atoms with E-state index in [2.05, 4.69) is 24.5 Å². The van der Waals surface area contributed by atoms with Gasteiger partial charge in [0.1, 0.15) is 11.3 Å². The highest BCUT2D eigenvalue weighted by Gasteiger charge is 2.08. The predicted molar refractivity (Wildman–Crippen MR) is 55.8 cm³/mol. The average molecular weight is 208 g/mol. The van der Waals surface area contributed by atoms with Crippen LogP contribution in [0.5, 0.6) is 5.75 Å². The highest BCUT2D eigenvalue weighted by Crippen LogP contribution is 2.17. The molecular weight excluding hydrogens is 200 g/mol. The fourth-order valence-electron chi connectivity index (χ4n) is 0.927. The molecule has 0 aliphatic heterocycles. The lowest BCUT2D eigenvalue weighted by atomic mass is 10.1. The Morgan fingerprint density at radius 2 is 2.21 bits per heavy atom. The molecule has 0 heterocycles. The third kappa shape index (κ3) is 2.44. The van der Waals surface area contributed by atoms with Crippen LogP contribution in [-0.2, 0) is 0 Å². The Balaban J connectivity index is 3.13. The molecule has 0 aliphatic rings. The molecule has 4 heteroatoms. The summed E-state index contributed by atoms with van der Waals surface area (Å²) in [5.74, 6) is 4.39. The number of hydrogen-bond acceptors (Lipinski definition) is 3. The van der Waals surface area contributed by atoms with E-state index < -0.39 is 5.97 Å². The van der Waals surface area contributed by atoms with Crippen molar-refractivity contribution in [1.82, 2.24) is 0 Å². The number of carbonyl (C=O) groups is 1. The van der Waals surface area contributed by atoms with Crippen molar-refractivity contribution >= 4 is 18.6 Å². The van der Waals surface area contributed by atoms with Crippen LogP contribution in [0.15, 0.2) is 18.2 Å². The summed E-state index contributed by atoms with van der Waals surface area (Å²) in [5, 5.41) is 17.9. The van der Waals surface area contributed by atoms with Crippen LogP contribution in [-0.4, -0.2) is 21.9 Å². The van der Waals surface area contributed by atoms with Crippen LogP contribution in [0.25, 0.3) is 0 Å². The third-order valence-corrected chi connectivity index (χ3v) is 1.70. The minimum absolute atomic E-state index is 0.143. The standard InChI is InChI=1S/C10H8O3S/c11-9-4-3-7(2-1-5-14)6-8(9)10(12)13/h3-4,6,11,14H,5H2,(H,12,13). The van der Waals surface area contributed by atoms with Gasteiger partial charge in [0, 0.05) is 5.56 Å². The highest BCUT2D eigenvalue weighted by atomic mass is 32.1. The number of hydrogen-bond donors (Lipinski definition) is 3. The molecular formula is C10H8O3S. The van der Waals surface area contributed by atoms with Gasteiger partial charge in [-0.25, -0.2) is 4.79 Å². The van der Waals surface area contributed by atoms with Gasteiger partial charge >= 0.3 is 5.97 Å². The van der Waals surface area contributed by atoms with E-state index in [9.17, 15) is 9.90 Å². The monoisotopic (exact) mass is 208 g/mol. The molecule has 0 aromatic heterocycles. The van der Waals surface area contributed by atoms with E-state index in [0.717, 1.165) is 0 Å². The Bertz CT molecular complexity index is 415. The lowest BCUT2D eigenvalue weighted by Gasteiger charge is -1.98. The zero-order chi connectivity index (χ0) is 10.6. The van der Waals surface area contributed by atoms with Crippen LogP contribution in [0, 0.1) is 11.8 Å². The molecule has 0 amide bonds. The number of carboxylic acids is 1. The Morgan fingerprint density at radius 1 is 1.50 bits per heavy atom. The van der Waals surface area contributed by atoms with E-state index in [1.165, 1.54) is 12.1 Å². The number of phenols is 1. The molecule has 1 aromatic carbocycles. The van der Waals surface area contributed by atoms with Crippen molar-refractivity contribution in [2.45, 2.75) is 0 Å². The van der Waals surface area contributed by atoms with Gasteiger partial charge in [0.2, 0.25) is 0 Å². The molecule has 0 saturated heterocycles. The number of benzene rings is 1. The van der Waals surface area contributed by atoms with Gasteiger partial charge in [-0.3, -0.25) is 0 Å². The first-order chi connectivity index (χ1) is 6.65. The van der Waals surface area contributed by atoms with Crippen LogP contribution >= 0.6 is 12.6 Å². The SMILES string of the molecule is O=C(O)c1cc(C#CCS)ccc1O. The van der Waals surface area contributed by atoms with Gasteiger partial charge in [-0.2, -0.15) is 12.6 Å². The molecule has 0 spiro atoms. The first kappa shape index (κ1) is 10.5. The zero-order valence-corrected chi connectivity index (χ0v) is 8.08. The fourth-order valence-corrected chi connectivity index (χ4v) is 1.01. The van der Waals surface area contributed by atoms with Crippen molar-refractivity contribution in [3.8, 4) is 17.6 Å². The largest absolute Gasteiger partial charge is 0.507 e. The summed E-state index contributed by atoms with van der Waals surface area (Å²) in [5.41, 5.74) is 0.408. The Hall–Kier alpha value is -1.60. The first-order valence-electron chi connectivity index (χ1n) is 3.81. The summed E-state index contributed by atoms with van der Waals surface area (Å²) in [7, 11) is 0. The first-order valence-corrected chi connectivity index (χ1v) is 4.44. The van der Waals surface area contributed by atoms with Crippen molar-refractivity contribution in [1.29, 1.82) is 0 Å². The molecule has 14 heavy (non-hydrogen) atoms. The molecule has 0 aliphatic carbocycles. The second-order valence-electron chi connectivity index (χ2n) is 2.50. The van der Waals surface area contributed by atoms with Crippen molar-refractivity contribution < 1.29 is 15.0 Å². The molecule has 1 aromatic rings. The van der Waals surface area contributed by atoms with Crippen LogP contribution in [0.3, 0.4) is 0 Å². The van der Waals surface area contributed by atoms with Gasteiger partial charge in [-0.15, -0.1) is 0 Å². The van der Waals surface area contributed by atoms with Crippen LogP contribution in [0.4, 0.5) is 0 Å². The van der Waals surface area contributed by atoms with Gasteiger partial charge in [0.15, 0.2) is 0 Å². The molecule has 0 bridgehead atoms. The topological polar surface area (TPSA) is 57.5 Å². The van der Waals surface area contributed by atoms with Crippen molar-refractivity contribution in [3.63, 3.8) is 0 Å². The quantitative estimate of drug-likeness (QED) is 0.482. The maximum atomic E-state index is 10.6. The van der Waals surface area contributed by atoms with Crippen molar-refractivity contribution in [2.75, 3.05) is 5.75 Å². The fraction of sp³-hybridized carbons (Fsp3) is 0.100. The predicted octanol–water partition coefficient (Wildman–Crippen LogP) is 1.37. The van der Waals surface area contributed by atoms with Crippen LogP contribution in [0.1, 0.15) is 15.9 Å². The molecule has 0 fully saturated rings. The summed E-state index contributed by atoms with van der Waals surface area (Å²) in [6, 6.07) is 4.19. The Morgan fingerprint density at radius 3 is 2.79 bits per heavy atom. The number of thiol groups is 1. The summed E-state index contributed by atoms with van der Waals surface area (Å²) < 4.78 is 0. The van der Waals surface area contributed by atoms with E-state index in [1.54, 1.807) is 6.07 Å². The van der Waals surface area contributed by atoms with Gasteiger partial charge in [-0.05, 0) is 18.2 Å². The maximum Gasteiger partial charge on any atom is 0.339 e. The number of aromatic hydroxyl groups is 1. The summed E-state index contributed by atoms with van der Waals surface area (Å²) >= 11 is 3.90. The molecule has 0 saturated carbocycles. The second kappa shape index (κ2) is 4.58. The molecule has 0 radical (unpaired) electrons. The second-order valence-corrected chi connectivity index (χ2v) is 2.81. The lowest BCUT2D eigenvalue weighted by molar-refractivity contribution is 0.0693. The molecule has 72 valence electrons. The van der Waals surface area contributed by atoms with E-state index >= 15 is 0 Å². The van der Waals surface area contributed by atoms with Crippen molar-refractivity contribution in [2.24, 2.45) is 0 Å². The Kier molecular flexibility index (Phi) is 3.43. The molecule has 2 N–H and O–H groups in total. The van der Waals surface area contributed by atoms with E-state index in [4.69, 9.17) is 5.11 Å². The van der Waals surface area contributed by atoms with Gasteiger partial charge in [0.25, 0.3) is 0 Å². The number of aromatic carboxylic acids is 1. The number of carboxylic acid groups (broad SMARTS) is 1. The van der Waals surface area contributed by atoms with Crippen molar-refractivity contribution in [3.05, 3.63) is 29.3 Å². The molecule has 0 atom stereocenters. The van der Waals surface area contributed by atoms with E-state index in [-0.39, 0.29) is 11.3 Å². The normalized spacial score (nSPS) is 8.93. The smallest absolute Gasteiger partial charge is 0.339 e. The molecule has 3 nitrogen and oxygen atoms in total. The van der Waals surface area contributed by atoms with Gasteiger partial charge in [0.05, 0.1) is 5.75 Å². The van der Waals surface area contributed by atoms with E-state index in [1.807, 2.05) is 0 Å². The summed E-state index contributed by atoms with van der Waals surface area (Å²) in [6.07, 6.45) is 0. The molecule has 1 rings (SSSR count). The zero-order valence-electron chi connectivity index (χ0n) is 7.19. The van der Waals surface area contributed by atoms with Gasteiger partial charge in [-0.1, -0.05) is 11.8 Å². The average Bonchev–Trinajstić information content (AvgIpc) is 2.16. The van der Waals surface area contributed by atoms with Crippen LogP contribution < -0.4 is 0 Å². The molecule has 0 unspecified atom stereocenters. The third-order valence-electron chi connectivity index (χ3n) is 1.54. The maximum absolute atomic E-state index is 10.6. The Labute approximate surface area is 86.8 Å². The van der Waals surface area contributed by atoms with Crippen LogP contribution in [0.2, 0.25) is 0 Å². The minimum Gasteiger partial charge on any atom is -0.507 e. The highest BCUT2D eigenvalue weighted by molar-refractivity contribution is 7.80. The van der Waals surface area contributed by atoms with E-state index in [0.29, 0.717) is 11.3 Å². The summed E-state index contributed by atoms with van der Waals surface area (Å²) in [6.45, 7) is 0. The van der Waals surface area contributed by atoms with Gasteiger partial charge < -0.3 is 10.2 Å². The summed E-state index contributed by atoms with van der Waals surface area (Å²) in [4.78, 5) is 10.6. The minimum atomic E-state index is -1.17. The number of rotatable bonds is 1.